The zero-order valence-electron chi connectivity index (χ0n) is 18.6. The third-order valence-electron chi connectivity index (χ3n) is 5.98. The molecule has 0 atom stereocenters. The van der Waals surface area contributed by atoms with Crippen LogP contribution in [0.3, 0.4) is 0 Å². The van der Waals surface area contributed by atoms with Crippen LogP contribution in [0, 0.1) is 5.41 Å². The number of fused-ring (bicyclic) bond motifs is 1. The number of carbonyl (C=O) groups excluding carboxylic acids is 2. The fourth-order valence-corrected chi connectivity index (χ4v) is 4.42. The Bertz CT molecular complexity index is 861. The Hall–Kier alpha value is -2.24. The van der Waals surface area contributed by atoms with Crippen LogP contribution in [0.5, 0.6) is 0 Å². The van der Waals surface area contributed by atoms with Gasteiger partial charge in [0.25, 0.3) is 0 Å². The highest BCUT2D eigenvalue weighted by Crippen LogP contribution is 2.36. The van der Waals surface area contributed by atoms with E-state index in [1.807, 2.05) is 13.8 Å². The van der Waals surface area contributed by atoms with Crippen molar-refractivity contribution in [3.05, 3.63) is 28.3 Å². The SMILES string of the molecule is CCCCCCN=C1CCCC(=O)/C1=C(/O)CCc1noc2c1C(=O)CC(C)(C)C2. The van der Waals surface area contributed by atoms with Crippen LogP contribution in [0.1, 0.15) is 100 Å². The van der Waals surface area contributed by atoms with Gasteiger partial charge in [0.15, 0.2) is 11.6 Å². The Labute approximate surface area is 178 Å². The summed E-state index contributed by atoms with van der Waals surface area (Å²) in [5, 5.41) is 14.8. The second kappa shape index (κ2) is 9.71. The summed E-state index contributed by atoms with van der Waals surface area (Å²) in [6.07, 6.45) is 8.23. The average molecular weight is 415 g/mol. The van der Waals surface area contributed by atoms with Crippen molar-refractivity contribution in [3.8, 4) is 0 Å². The third-order valence-corrected chi connectivity index (χ3v) is 5.98. The summed E-state index contributed by atoms with van der Waals surface area (Å²) in [5.74, 6) is 0.715. The molecule has 1 heterocycles. The van der Waals surface area contributed by atoms with Crippen molar-refractivity contribution in [2.75, 3.05) is 6.54 Å². The Morgan fingerprint density at radius 3 is 2.70 bits per heavy atom. The van der Waals surface area contributed by atoms with Gasteiger partial charge >= 0.3 is 0 Å². The molecular formula is C24H34N2O4. The zero-order chi connectivity index (χ0) is 21.7. The van der Waals surface area contributed by atoms with E-state index in [4.69, 9.17) is 4.52 Å². The van der Waals surface area contributed by atoms with Crippen LogP contribution < -0.4 is 0 Å². The maximum Gasteiger partial charge on any atom is 0.168 e. The lowest BCUT2D eigenvalue weighted by molar-refractivity contribution is -0.115. The molecule has 2 aliphatic rings. The van der Waals surface area contributed by atoms with Crippen molar-refractivity contribution >= 4 is 17.3 Å². The first-order valence-corrected chi connectivity index (χ1v) is 11.3. The van der Waals surface area contributed by atoms with Crippen LogP contribution in [0.15, 0.2) is 20.8 Å². The minimum absolute atomic E-state index is 0.0361. The van der Waals surface area contributed by atoms with Crippen molar-refractivity contribution < 1.29 is 19.2 Å². The molecule has 0 bridgehead atoms. The molecule has 1 aromatic rings. The largest absolute Gasteiger partial charge is 0.511 e. The first-order chi connectivity index (χ1) is 14.3. The predicted octanol–water partition coefficient (Wildman–Crippen LogP) is 5.35. The number of ketones is 2. The van der Waals surface area contributed by atoms with Gasteiger partial charge in [-0.2, -0.15) is 0 Å². The van der Waals surface area contributed by atoms with E-state index in [0.717, 1.165) is 31.4 Å². The number of allylic oxidation sites excluding steroid dienone is 2. The van der Waals surface area contributed by atoms with Gasteiger partial charge in [-0.25, -0.2) is 0 Å². The molecule has 3 rings (SSSR count). The van der Waals surface area contributed by atoms with Gasteiger partial charge in [0, 0.05) is 44.4 Å². The second-order valence-corrected chi connectivity index (χ2v) is 9.36. The molecule has 6 heteroatoms. The van der Waals surface area contributed by atoms with Crippen molar-refractivity contribution in [1.82, 2.24) is 5.16 Å². The average Bonchev–Trinajstić information content (AvgIpc) is 3.08. The number of hydrogen-bond acceptors (Lipinski definition) is 6. The molecule has 0 radical (unpaired) electrons. The summed E-state index contributed by atoms with van der Waals surface area (Å²) in [6, 6.07) is 0. The molecule has 164 valence electrons. The topological polar surface area (TPSA) is 92.8 Å². The summed E-state index contributed by atoms with van der Waals surface area (Å²) in [4.78, 5) is 29.7. The number of aliphatic hydroxyl groups excluding tert-OH is 1. The fourth-order valence-electron chi connectivity index (χ4n) is 4.42. The van der Waals surface area contributed by atoms with Gasteiger partial charge in [-0.3, -0.25) is 14.6 Å². The molecule has 1 N–H and O–H groups in total. The van der Waals surface area contributed by atoms with E-state index in [0.29, 0.717) is 54.8 Å². The Balaban J connectivity index is 1.72. The summed E-state index contributed by atoms with van der Waals surface area (Å²) in [6.45, 7) is 6.96. The second-order valence-electron chi connectivity index (χ2n) is 9.36. The number of aromatic nitrogens is 1. The molecule has 0 aromatic carbocycles. The summed E-state index contributed by atoms with van der Waals surface area (Å²) in [7, 11) is 0. The molecule has 0 spiro atoms. The lowest BCUT2D eigenvalue weighted by Crippen LogP contribution is -2.26. The number of rotatable bonds is 8. The molecular weight excluding hydrogens is 380 g/mol. The molecule has 1 aromatic heterocycles. The van der Waals surface area contributed by atoms with E-state index in [1.165, 1.54) is 12.8 Å². The molecule has 6 nitrogen and oxygen atoms in total. The quantitative estimate of drug-likeness (QED) is 0.352. The lowest BCUT2D eigenvalue weighted by atomic mass is 9.76. The Morgan fingerprint density at radius 1 is 1.13 bits per heavy atom. The Morgan fingerprint density at radius 2 is 1.93 bits per heavy atom. The molecule has 1 fully saturated rings. The van der Waals surface area contributed by atoms with Crippen LogP contribution in [0.25, 0.3) is 0 Å². The number of aliphatic imine (C=N–C) groups is 1. The smallest absolute Gasteiger partial charge is 0.168 e. The number of Topliss-reactive ketones (excluding diaryl/α,β-unsaturated/α-hetero) is 2. The number of aryl methyl sites for hydroxylation is 1. The van der Waals surface area contributed by atoms with E-state index in [2.05, 4.69) is 17.1 Å². The minimum Gasteiger partial charge on any atom is -0.511 e. The predicted molar refractivity (Wildman–Crippen MR) is 116 cm³/mol. The van der Waals surface area contributed by atoms with E-state index in [-0.39, 0.29) is 29.2 Å². The highest BCUT2D eigenvalue weighted by atomic mass is 16.5. The number of nitrogens with zero attached hydrogens (tertiary/aromatic N) is 2. The molecule has 0 saturated heterocycles. The van der Waals surface area contributed by atoms with Crippen LogP contribution in [-0.2, 0) is 17.6 Å². The first-order valence-electron chi connectivity index (χ1n) is 11.3. The lowest BCUT2D eigenvalue weighted by Gasteiger charge is -2.26. The number of unbranched alkanes of at least 4 members (excludes halogenated alkanes) is 3. The molecule has 0 unspecified atom stereocenters. The van der Waals surface area contributed by atoms with Crippen LogP contribution in [0.2, 0.25) is 0 Å². The van der Waals surface area contributed by atoms with E-state index in [1.54, 1.807) is 0 Å². The molecule has 2 aliphatic carbocycles. The molecule has 0 amide bonds. The highest BCUT2D eigenvalue weighted by molar-refractivity contribution is 6.24. The molecule has 1 saturated carbocycles. The third kappa shape index (κ3) is 5.27. The summed E-state index contributed by atoms with van der Waals surface area (Å²) < 4.78 is 5.44. The van der Waals surface area contributed by atoms with Crippen molar-refractivity contribution in [1.29, 1.82) is 0 Å². The summed E-state index contributed by atoms with van der Waals surface area (Å²) in [5.41, 5.74) is 2.16. The van der Waals surface area contributed by atoms with Crippen LogP contribution >= 0.6 is 0 Å². The Kier molecular flexibility index (Phi) is 7.27. The van der Waals surface area contributed by atoms with Gasteiger partial charge in [0.1, 0.15) is 11.5 Å². The maximum atomic E-state index is 12.6. The van der Waals surface area contributed by atoms with Crippen molar-refractivity contribution in [2.24, 2.45) is 10.4 Å². The molecule has 30 heavy (non-hydrogen) atoms. The molecule has 0 aliphatic heterocycles. The fraction of sp³-hybridized carbons (Fsp3) is 0.667. The van der Waals surface area contributed by atoms with Crippen molar-refractivity contribution in [2.45, 2.75) is 91.4 Å². The minimum atomic E-state index is -0.123. The van der Waals surface area contributed by atoms with Crippen LogP contribution in [-0.4, -0.2) is 34.1 Å². The van der Waals surface area contributed by atoms with Gasteiger partial charge in [0.2, 0.25) is 0 Å². The number of aliphatic hydroxyl groups is 1. The first kappa shape index (κ1) is 22.4. The van der Waals surface area contributed by atoms with Gasteiger partial charge in [0.05, 0.1) is 16.8 Å². The number of carbonyl (C=O) groups is 2. The highest BCUT2D eigenvalue weighted by Gasteiger charge is 2.36. The zero-order valence-corrected chi connectivity index (χ0v) is 18.6. The number of hydrogen-bond donors (Lipinski definition) is 1. The van der Waals surface area contributed by atoms with Crippen molar-refractivity contribution in [3.63, 3.8) is 0 Å². The standard InChI is InChI=1S/C24H34N2O4/c1-4-5-6-7-13-25-16-9-8-10-18(27)22(16)19(28)12-11-17-23-20(29)14-24(2,3)15-21(23)30-26-17/h28H,4-15H2,1-3H3/b22-19+,25-16?. The normalized spacial score (nSPS) is 21.8. The van der Waals surface area contributed by atoms with E-state index < -0.39 is 0 Å². The van der Waals surface area contributed by atoms with Gasteiger partial charge in [-0.15, -0.1) is 0 Å². The van der Waals surface area contributed by atoms with Gasteiger partial charge < -0.3 is 9.63 Å². The van der Waals surface area contributed by atoms with Gasteiger partial charge in [-0.05, 0) is 24.7 Å². The summed E-state index contributed by atoms with van der Waals surface area (Å²) >= 11 is 0. The van der Waals surface area contributed by atoms with Crippen LogP contribution in [0.4, 0.5) is 0 Å². The van der Waals surface area contributed by atoms with Gasteiger partial charge in [-0.1, -0.05) is 45.2 Å². The van der Waals surface area contributed by atoms with E-state index >= 15 is 0 Å². The monoisotopic (exact) mass is 414 g/mol. The maximum absolute atomic E-state index is 12.6. The van der Waals surface area contributed by atoms with E-state index in [9.17, 15) is 14.7 Å².